The normalized spacial score (nSPS) is 12.8. The minimum absolute atomic E-state index is 0.197. The third-order valence-electron chi connectivity index (χ3n) is 3.48. The molecule has 0 aromatic heterocycles. The summed E-state index contributed by atoms with van der Waals surface area (Å²) in [5.41, 5.74) is 2.85. The first kappa shape index (κ1) is 16.2. The van der Waals surface area contributed by atoms with Crippen molar-refractivity contribution in [3.63, 3.8) is 0 Å². The topological polar surface area (TPSA) is 32.6 Å². The fourth-order valence-electron chi connectivity index (χ4n) is 2.07. The van der Waals surface area contributed by atoms with Gasteiger partial charge in [0.05, 0.1) is 10.2 Å². The van der Waals surface area contributed by atoms with E-state index in [4.69, 9.17) is 0 Å². The summed E-state index contributed by atoms with van der Waals surface area (Å²) in [4.78, 5) is 4.56. The van der Waals surface area contributed by atoms with Crippen molar-refractivity contribution < 1.29 is 5.11 Å². The maximum Gasteiger partial charge on any atom is 0.138 e. The predicted octanol–water partition coefficient (Wildman–Crippen LogP) is 6.18. The summed E-state index contributed by atoms with van der Waals surface area (Å²) >= 11 is 6.75. The van der Waals surface area contributed by atoms with E-state index in [-0.39, 0.29) is 5.75 Å². The van der Waals surface area contributed by atoms with Gasteiger partial charge in [0.2, 0.25) is 0 Å². The summed E-state index contributed by atoms with van der Waals surface area (Å²) in [7, 11) is 0. The highest BCUT2D eigenvalue weighted by Crippen LogP contribution is 2.32. The van der Waals surface area contributed by atoms with Crippen molar-refractivity contribution in [1.82, 2.24) is 0 Å². The minimum atomic E-state index is 0.197. The Kier molecular flexibility index (Phi) is 5.59. The van der Waals surface area contributed by atoms with Crippen LogP contribution in [0.2, 0.25) is 0 Å². The maximum absolute atomic E-state index is 10.1. The molecule has 1 N–H and O–H groups in total. The highest BCUT2D eigenvalue weighted by Gasteiger charge is 2.08. The van der Waals surface area contributed by atoms with Crippen molar-refractivity contribution in [1.29, 1.82) is 0 Å². The van der Waals surface area contributed by atoms with Crippen molar-refractivity contribution in [3.8, 4) is 5.75 Å². The largest absolute Gasteiger partial charge is 0.506 e. The number of phenolic OH excluding ortho intramolecular Hbond substituents is 1. The second-order valence-electron chi connectivity index (χ2n) is 4.95. The first-order valence-corrected chi connectivity index (χ1v) is 8.42. The van der Waals surface area contributed by atoms with Gasteiger partial charge in [-0.3, -0.25) is 4.99 Å². The molecule has 0 spiro atoms. The molecule has 0 fully saturated rings. The molecule has 2 nitrogen and oxygen atoms in total. The number of rotatable bonds is 4. The van der Waals surface area contributed by atoms with Gasteiger partial charge in [-0.25, -0.2) is 0 Å². The molecule has 2 aromatic rings. The van der Waals surface area contributed by atoms with E-state index >= 15 is 0 Å². The van der Waals surface area contributed by atoms with E-state index in [2.05, 4.69) is 56.8 Å². The molecule has 110 valence electrons. The lowest BCUT2D eigenvalue weighted by molar-refractivity contribution is 0.471. The van der Waals surface area contributed by atoms with Gasteiger partial charge in [0.1, 0.15) is 5.75 Å². The number of aromatic hydroxyl groups is 1. The molecule has 0 aliphatic heterocycles. The summed E-state index contributed by atoms with van der Waals surface area (Å²) in [5.74, 6) is 0.657. The fourth-order valence-corrected chi connectivity index (χ4v) is 3.32. The molecule has 0 unspecified atom stereocenters. The minimum Gasteiger partial charge on any atom is -0.506 e. The van der Waals surface area contributed by atoms with Crippen LogP contribution in [0.3, 0.4) is 0 Å². The lowest BCUT2D eigenvalue weighted by Gasteiger charge is -2.11. The molecule has 0 bridgehead atoms. The summed E-state index contributed by atoms with van der Waals surface area (Å²) in [5, 5.41) is 10.1. The van der Waals surface area contributed by atoms with Gasteiger partial charge in [0, 0.05) is 16.3 Å². The van der Waals surface area contributed by atoms with Crippen LogP contribution < -0.4 is 0 Å². The van der Waals surface area contributed by atoms with Crippen LogP contribution in [0.1, 0.15) is 37.3 Å². The highest BCUT2D eigenvalue weighted by atomic mass is 79.9. The van der Waals surface area contributed by atoms with E-state index in [1.807, 2.05) is 24.3 Å². The van der Waals surface area contributed by atoms with Crippen molar-refractivity contribution >= 4 is 43.8 Å². The van der Waals surface area contributed by atoms with Crippen molar-refractivity contribution in [2.75, 3.05) is 0 Å². The molecule has 2 aromatic carbocycles. The van der Waals surface area contributed by atoms with Gasteiger partial charge in [-0.05, 0) is 52.0 Å². The monoisotopic (exact) mass is 409 g/mol. The van der Waals surface area contributed by atoms with Gasteiger partial charge in [-0.1, -0.05) is 48.0 Å². The van der Waals surface area contributed by atoms with Crippen LogP contribution in [0.15, 0.2) is 50.3 Å². The number of benzene rings is 2. The summed E-state index contributed by atoms with van der Waals surface area (Å²) in [6, 6.07) is 11.8. The Bertz CT molecular complexity index is 668. The summed E-state index contributed by atoms with van der Waals surface area (Å²) < 4.78 is 1.54. The van der Waals surface area contributed by atoms with Crippen LogP contribution in [0.4, 0.5) is 5.69 Å². The van der Waals surface area contributed by atoms with Gasteiger partial charge in [-0.2, -0.15) is 0 Å². The molecule has 0 aliphatic rings. The Morgan fingerprint density at radius 3 is 2.67 bits per heavy atom. The third kappa shape index (κ3) is 3.95. The van der Waals surface area contributed by atoms with Crippen LogP contribution in [0.25, 0.3) is 0 Å². The molecule has 4 heteroatoms. The molecular weight excluding hydrogens is 394 g/mol. The number of para-hydroxylation sites is 1. The average molecular weight is 411 g/mol. The van der Waals surface area contributed by atoms with Crippen LogP contribution in [-0.4, -0.2) is 11.3 Å². The molecule has 1 atom stereocenters. The quantitative estimate of drug-likeness (QED) is 0.599. The van der Waals surface area contributed by atoms with Gasteiger partial charge < -0.3 is 5.11 Å². The number of aliphatic imine (C=N–C) groups is 1. The highest BCUT2D eigenvalue weighted by molar-refractivity contribution is 9.11. The zero-order valence-corrected chi connectivity index (χ0v) is 15.1. The second-order valence-corrected chi connectivity index (χ2v) is 6.72. The van der Waals surface area contributed by atoms with Gasteiger partial charge in [-0.15, -0.1) is 0 Å². The van der Waals surface area contributed by atoms with Crippen molar-refractivity contribution in [2.45, 2.75) is 26.2 Å². The smallest absolute Gasteiger partial charge is 0.138 e. The lowest BCUT2D eigenvalue weighted by atomic mass is 9.97. The maximum atomic E-state index is 10.1. The Balaban J connectivity index is 2.39. The molecule has 2 rings (SSSR count). The Morgan fingerprint density at radius 2 is 1.95 bits per heavy atom. The standard InChI is InChI=1S/C17H17Br2NO/c1-3-11(2)14-6-4-5-7-16(14)20-10-12-8-13(18)9-15(19)17(12)21/h4-11,21H,3H2,1-2H3/t11-/m1/s1. The molecule has 0 saturated carbocycles. The van der Waals surface area contributed by atoms with E-state index in [1.165, 1.54) is 5.56 Å². The summed E-state index contributed by atoms with van der Waals surface area (Å²) in [6.07, 6.45) is 2.77. The van der Waals surface area contributed by atoms with Gasteiger partial charge in [0.15, 0.2) is 0 Å². The summed E-state index contributed by atoms with van der Waals surface area (Å²) in [6.45, 7) is 4.37. The Labute approximate surface area is 142 Å². The van der Waals surface area contributed by atoms with Crippen molar-refractivity contribution in [2.24, 2.45) is 4.99 Å². The zero-order chi connectivity index (χ0) is 15.4. The molecule has 0 heterocycles. The molecular formula is C17H17Br2NO. The number of hydrogen-bond donors (Lipinski definition) is 1. The molecule has 0 amide bonds. The number of phenols is 1. The van der Waals surface area contributed by atoms with E-state index in [9.17, 15) is 5.11 Å². The predicted molar refractivity (Wildman–Crippen MR) is 95.9 cm³/mol. The van der Waals surface area contributed by atoms with Crippen LogP contribution >= 0.6 is 31.9 Å². The first-order chi connectivity index (χ1) is 10.0. The number of halogens is 2. The zero-order valence-electron chi connectivity index (χ0n) is 12.0. The Morgan fingerprint density at radius 1 is 1.24 bits per heavy atom. The third-order valence-corrected chi connectivity index (χ3v) is 4.54. The van der Waals surface area contributed by atoms with E-state index < -0.39 is 0 Å². The molecule has 0 radical (unpaired) electrons. The molecule has 0 aliphatic carbocycles. The van der Waals surface area contributed by atoms with Crippen LogP contribution in [-0.2, 0) is 0 Å². The number of hydrogen-bond acceptors (Lipinski definition) is 2. The lowest BCUT2D eigenvalue weighted by Crippen LogP contribution is -1.92. The second kappa shape index (κ2) is 7.23. The van der Waals surface area contributed by atoms with E-state index in [0.29, 0.717) is 16.0 Å². The van der Waals surface area contributed by atoms with Crippen LogP contribution in [0, 0.1) is 0 Å². The number of nitrogens with zero attached hydrogens (tertiary/aromatic N) is 1. The van der Waals surface area contributed by atoms with Gasteiger partial charge >= 0.3 is 0 Å². The van der Waals surface area contributed by atoms with Gasteiger partial charge in [0.25, 0.3) is 0 Å². The molecule has 21 heavy (non-hydrogen) atoms. The SMILES string of the molecule is CC[C@@H](C)c1ccccc1N=Cc1cc(Br)cc(Br)c1O. The van der Waals surface area contributed by atoms with E-state index in [0.717, 1.165) is 16.6 Å². The fraction of sp³-hybridized carbons (Fsp3) is 0.235. The first-order valence-electron chi connectivity index (χ1n) is 6.84. The molecule has 0 saturated heterocycles. The van der Waals surface area contributed by atoms with Crippen molar-refractivity contribution in [3.05, 3.63) is 56.5 Å². The Hall–Kier alpha value is -1.13. The van der Waals surface area contributed by atoms with Crippen LogP contribution in [0.5, 0.6) is 5.75 Å². The van der Waals surface area contributed by atoms with E-state index in [1.54, 1.807) is 12.3 Å². The average Bonchev–Trinajstić information content (AvgIpc) is 2.49.